The molecule has 1 atom stereocenters. The van der Waals surface area contributed by atoms with Gasteiger partial charge in [-0.2, -0.15) is 0 Å². The van der Waals surface area contributed by atoms with E-state index in [0.29, 0.717) is 13.2 Å². The molecule has 0 bridgehead atoms. The van der Waals surface area contributed by atoms with Crippen molar-refractivity contribution in [2.45, 2.75) is 13.0 Å². The van der Waals surface area contributed by atoms with Gasteiger partial charge in [-0.25, -0.2) is 4.79 Å². The summed E-state index contributed by atoms with van der Waals surface area (Å²) in [6.07, 6.45) is -0.500. The molecule has 1 fully saturated rings. The lowest BCUT2D eigenvalue weighted by atomic mass is 10.4. The Kier molecular flexibility index (Phi) is 2.65. The third-order valence-electron chi connectivity index (χ3n) is 1.17. The van der Waals surface area contributed by atoms with Gasteiger partial charge in [0.15, 0.2) is 6.10 Å². The molecule has 0 aromatic carbocycles. The van der Waals surface area contributed by atoms with Crippen LogP contribution in [0.25, 0.3) is 0 Å². The molecule has 1 saturated heterocycles. The molecule has 0 amide bonds. The second-order valence-corrected chi connectivity index (χ2v) is 1.90. The Hall–Kier alpha value is -0.610. The van der Waals surface area contributed by atoms with Crippen LogP contribution in [0.3, 0.4) is 0 Å². The predicted molar refractivity (Wildman–Crippen MR) is 32.3 cm³/mol. The van der Waals surface area contributed by atoms with Gasteiger partial charge in [-0.05, 0) is 6.92 Å². The van der Waals surface area contributed by atoms with Crippen molar-refractivity contribution in [3.05, 3.63) is 0 Å². The third kappa shape index (κ3) is 1.68. The van der Waals surface area contributed by atoms with E-state index in [9.17, 15) is 4.79 Å². The van der Waals surface area contributed by atoms with Crippen molar-refractivity contribution in [3.63, 3.8) is 0 Å². The number of ether oxygens (including phenoxy) is 3. The second-order valence-electron chi connectivity index (χ2n) is 1.90. The van der Waals surface area contributed by atoms with E-state index < -0.39 is 6.10 Å². The summed E-state index contributed by atoms with van der Waals surface area (Å²) < 4.78 is 14.4. The van der Waals surface area contributed by atoms with Crippen LogP contribution in [0.2, 0.25) is 0 Å². The highest BCUT2D eigenvalue weighted by atomic mass is 16.7. The lowest BCUT2D eigenvalue weighted by Crippen LogP contribution is -2.24. The van der Waals surface area contributed by atoms with E-state index in [4.69, 9.17) is 9.47 Å². The fourth-order valence-electron chi connectivity index (χ4n) is 0.705. The molecule has 1 aliphatic heterocycles. The Bertz CT molecular complexity index is 117. The minimum atomic E-state index is -0.500. The average molecular weight is 146 g/mol. The van der Waals surface area contributed by atoms with Crippen LogP contribution in [0, 0.1) is 0 Å². The maximum atomic E-state index is 10.8. The Morgan fingerprint density at radius 3 is 3.10 bits per heavy atom. The number of carbonyl (C=O) groups excluding carboxylic acids is 1. The quantitative estimate of drug-likeness (QED) is 0.511. The van der Waals surface area contributed by atoms with E-state index >= 15 is 0 Å². The maximum absolute atomic E-state index is 10.8. The largest absolute Gasteiger partial charge is 0.464 e. The van der Waals surface area contributed by atoms with Crippen molar-refractivity contribution in [3.8, 4) is 0 Å². The summed E-state index contributed by atoms with van der Waals surface area (Å²) >= 11 is 0. The maximum Gasteiger partial charge on any atom is 0.337 e. The van der Waals surface area contributed by atoms with Crippen LogP contribution in [0.1, 0.15) is 6.92 Å². The second kappa shape index (κ2) is 3.53. The summed E-state index contributed by atoms with van der Waals surface area (Å²) in [5, 5.41) is 0. The highest BCUT2D eigenvalue weighted by Crippen LogP contribution is 2.04. The topological polar surface area (TPSA) is 44.8 Å². The Labute approximate surface area is 59.1 Å². The highest BCUT2D eigenvalue weighted by molar-refractivity contribution is 5.74. The first-order valence-corrected chi connectivity index (χ1v) is 3.20. The van der Waals surface area contributed by atoms with Crippen LogP contribution in [0.15, 0.2) is 0 Å². The molecule has 1 heterocycles. The molecule has 1 unspecified atom stereocenters. The molecular formula is C6H10O4. The average Bonchev–Trinajstić information content (AvgIpc) is 2.38. The summed E-state index contributed by atoms with van der Waals surface area (Å²) in [7, 11) is 0. The zero-order valence-electron chi connectivity index (χ0n) is 5.83. The summed E-state index contributed by atoms with van der Waals surface area (Å²) in [4.78, 5) is 10.8. The van der Waals surface area contributed by atoms with Gasteiger partial charge >= 0.3 is 5.97 Å². The number of hydrogen-bond donors (Lipinski definition) is 0. The third-order valence-corrected chi connectivity index (χ3v) is 1.17. The number of carbonyl (C=O) groups is 1. The van der Waals surface area contributed by atoms with E-state index in [2.05, 4.69) is 4.74 Å². The molecule has 0 saturated carbocycles. The molecule has 1 rings (SSSR count). The van der Waals surface area contributed by atoms with Gasteiger partial charge in [-0.3, -0.25) is 0 Å². The normalized spacial score (nSPS) is 24.7. The van der Waals surface area contributed by atoms with Crippen molar-refractivity contribution in [2.24, 2.45) is 0 Å². The minimum Gasteiger partial charge on any atom is -0.464 e. The Morgan fingerprint density at radius 2 is 2.60 bits per heavy atom. The fourth-order valence-corrected chi connectivity index (χ4v) is 0.705. The number of rotatable bonds is 2. The number of hydrogen-bond acceptors (Lipinski definition) is 4. The zero-order chi connectivity index (χ0) is 7.40. The van der Waals surface area contributed by atoms with Gasteiger partial charge in [0.05, 0.1) is 13.2 Å². The van der Waals surface area contributed by atoms with Crippen molar-refractivity contribution in [1.29, 1.82) is 0 Å². The van der Waals surface area contributed by atoms with Crippen LogP contribution in [-0.2, 0) is 19.0 Å². The van der Waals surface area contributed by atoms with Crippen LogP contribution in [0.4, 0.5) is 0 Å². The Morgan fingerprint density at radius 1 is 1.80 bits per heavy atom. The van der Waals surface area contributed by atoms with Gasteiger partial charge in [0.2, 0.25) is 0 Å². The highest BCUT2D eigenvalue weighted by Gasteiger charge is 2.25. The zero-order valence-corrected chi connectivity index (χ0v) is 5.83. The first-order valence-electron chi connectivity index (χ1n) is 3.20. The molecule has 0 aromatic heterocycles. The van der Waals surface area contributed by atoms with Gasteiger partial charge in [-0.15, -0.1) is 0 Å². The first-order chi connectivity index (χ1) is 4.84. The van der Waals surface area contributed by atoms with Gasteiger partial charge in [-0.1, -0.05) is 0 Å². The molecule has 0 aliphatic carbocycles. The molecule has 0 spiro atoms. The minimum absolute atomic E-state index is 0.198. The summed E-state index contributed by atoms with van der Waals surface area (Å²) in [6.45, 7) is 2.66. The first kappa shape index (κ1) is 7.50. The van der Waals surface area contributed by atoms with E-state index in [1.165, 1.54) is 0 Å². The van der Waals surface area contributed by atoms with Crippen LogP contribution < -0.4 is 0 Å². The molecular weight excluding hydrogens is 136 g/mol. The fraction of sp³-hybridized carbons (Fsp3) is 0.833. The van der Waals surface area contributed by atoms with Crippen LogP contribution in [0.5, 0.6) is 0 Å². The smallest absolute Gasteiger partial charge is 0.337 e. The molecule has 4 nitrogen and oxygen atoms in total. The van der Waals surface area contributed by atoms with Gasteiger partial charge in [0.25, 0.3) is 0 Å². The van der Waals surface area contributed by atoms with Gasteiger partial charge in [0.1, 0.15) is 6.79 Å². The van der Waals surface area contributed by atoms with Crippen LogP contribution >= 0.6 is 0 Å². The molecule has 58 valence electrons. The SMILES string of the molecule is CCOC(=O)C1COCO1. The molecule has 0 N–H and O–H groups in total. The molecule has 10 heavy (non-hydrogen) atoms. The standard InChI is InChI=1S/C6H10O4/c1-2-9-6(7)5-3-8-4-10-5/h5H,2-4H2,1H3. The molecule has 4 heteroatoms. The van der Waals surface area contributed by atoms with E-state index in [-0.39, 0.29) is 12.8 Å². The van der Waals surface area contributed by atoms with E-state index in [0.717, 1.165) is 0 Å². The molecule has 0 aromatic rings. The van der Waals surface area contributed by atoms with E-state index in [1.807, 2.05) is 0 Å². The summed E-state index contributed by atoms with van der Waals surface area (Å²) in [5.74, 6) is -0.333. The lowest BCUT2D eigenvalue weighted by Gasteiger charge is -2.04. The monoisotopic (exact) mass is 146 g/mol. The Balaban J connectivity index is 2.25. The lowest BCUT2D eigenvalue weighted by molar-refractivity contribution is -0.153. The van der Waals surface area contributed by atoms with Gasteiger partial charge in [0, 0.05) is 0 Å². The van der Waals surface area contributed by atoms with Crippen molar-refractivity contribution in [1.82, 2.24) is 0 Å². The van der Waals surface area contributed by atoms with E-state index in [1.54, 1.807) is 6.92 Å². The van der Waals surface area contributed by atoms with Crippen molar-refractivity contribution in [2.75, 3.05) is 20.0 Å². The number of esters is 1. The van der Waals surface area contributed by atoms with Crippen molar-refractivity contribution < 1.29 is 19.0 Å². The van der Waals surface area contributed by atoms with Crippen LogP contribution in [-0.4, -0.2) is 32.1 Å². The summed E-state index contributed by atoms with van der Waals surface area (Å²) in [5.41, 5.74) is 0. The molecule has 0 radical (unpaired) electrons. The van der Waals surface area contributed by atoms with Gasteiger partial charge < -0.3 is 14.2 Å². The molecule has 1 aliphatic rings. The predicted octanol–water partition coefficient (Wildman–Crippen LogP) is -0.0776. The van der Waals surface area contributed by atoms with Crippen molar-refractivity contribution >= 4 is 5.97 Å². The summed E-state index contributed by atoms with van der Waals surface area (Å²) in [6, 6.07) is 0.